The molecule has 2 N–H and O–H groups in total. The molecule has 1 aliphatic heterocycles. The van der Waals surface area contributed by atoms with E-state index in [9.17, 15) is 0 Å². The zero-order valence-electron chi connectivity index (χ0n) is 10.6. The molecule has 1 unspecified atom stereocenters. The van der Waals surface area contributed by atoms with Crippen LogP contribution in [0.15, 0.2) is 0 Å². The van der Waals surface area contributed by atoms with Gasteiger partial charge in [-0.1, -0.05) is 13.8 Å². The van der Waals surface area contributed by atoms with Gasteiger partial charge in [-0.3, -0.25) is 4.90 Å². The molecule has 3 nitrogen and oxygen atoms in total. The van der Waals surface area contributed by atoms with Crippen molar-refractivity contribution in [1.82, 2.24) is 9.80 Å². The Hall–Kier alpha value is -0.120. The number of nitrogens with two attached hydrogens (primary N) is 1. The summed E-state index contributed by atoms with van der Waals surface area (Å²) in [5.41, 5.74) is 5.59. The minimum Gasteiger partial charge on any atom is -0.330 e. The zero-order valence-corrected chi connectivity index (χ0v) is 10.6. The highest BCUT2D eigenvalue weighted by Crippen LogP contribution is 2.09. The third-order valence-corrected chi connectivity index (χ3v) is 3.24. The van der Waals surface area contributed by atoms with Crippen LogP contribution in [0.1, 0.15) is 27.2 Å². The highest BCUT2D eigenvalue weighted by molar-refractivity contribution is 4.76. The number of rotatable bonds is 5. The van der Waals surface area contributed by atoms with E-state index in [2.05, 4.69) is 30.6 Å². The lowest BCUT2D eigenvalue weighted by atomic mass is 10.1. The number of hydrogen-bond acceptors (Lipinski definition) is 3. The van der Waals surface area contributed by atoms with Gasteiger partial charge in [-0.25, -0.2) is 0 Å². The molecule has 0 bridgehead atoms. The molecule has 0 amide bonds. The summed E-state index contributed by atoms with van der Waals surface area (Å²) in [4.78, 5) is 5.15. The summed E-state index contributed by atoms with van der Waals surface area (Å²) in [6, 6.07) is 0.663. The summed E-state index contributed by atoms with van der Waals surface area (Å²) in [7, 11) is 0. The van der Waals surface area contributed by atoms with Crippen LogP contribution in [0.4, 0.5) is 0 Å². The van der Waals surface area contributed by atoms with Crippen LogP contribution in [-0.2, 0) is 0 Å². The molecule has 1 aliphatic rings. The lowest BCUT2D eigenvalue weighted by Crippen LogP contribution is -2.50. The van der Waals surface area contributed by atoms with Gasteiger partial charge in [0.25, 0.3) is 0 Å². The van der Waals surface area contributed by atoms with Crippen LogP contribution in [0.25, 0.3) is 0 Å². The molecule has 0 aromatic heterocycles. The Morgan fingerprint density at radius 1 is 1.07 bits per heavy atom. The molecular weight excluding hydrogens is 186 g/mol. The predicted octanol–water partition coefficient (Wildman–Crippen LogP) is 0.997. The van der Waals surface area contributed by atoms with Crippen molar-refractivity contribution in [3.05, 3.63) is 0 Å². The van der Waals surface area contributed by atoms with Gasteiger partial charge in [0.05, 0.1) is 0 Å². The lowest BCUT2D eigenvalue weighted by Gasteiger charge is -2.38. The van der Waals surface area contributed by atoms with Gasteiger partial charge in [-0.05, 0) is 25.8 Å². The maximum atomic E-state index is 5.59. The molecule has 1 fully saturated rings. The SMILES string of the molecule is CC(C)CN1CCN(C(C)CCN)CC1. The Balaban J connectivity index is 2.23. The molecule has 0 spiro atoms. The van der Waals surface area contributed by atoms with Crippen LogP contribution in [0, 0.1) is 5.92 Å². The summed E-state index contributed by atoms with van der Waals surface area (Å²) in [5, 5.41) is 0. The molecule has 0 saturated carbocycles. The summed E-state index contributed by atoms with van der Waals surface area (Å²) in [6.45, 7) is 13.8. The predicted molar refractivity (Wildman–Crippen MR) is 66.0 cm³/mol. The van der Waals surface area contributed by atoms with Crippen molar-refractivity contribution in [1.29, 1.82) is 0 Å². The van der Waals surface area contributed by atoms with Crippen molar-refractivity contribution in [3.8, 4) is 0 Å². The second kappa shape index (κ2) is 6.46. The standard InChI is InChI=1S/C12H27N3/c1-11(2)10-14-6-8-15(9-7-14)12(3)4-5-13/h11-12H,4-10,13H2,1-3H3. The second-order valence-corrected chi connectivity index (χ2v) is 5.16. The van der Waals surface area contributed by atoms with Gasteiger partial charge in [-0.15, -0.1) is 0 Å². The first kappa shape index (κ1) is 12.9. The summed E-state index contributed by atoms with van der Waals surface area (Å²) < 4.78 is 0. The Kier molecular flexibility index (Phi) is 5.58. The molecule has 0 aromatic rings. The lowest BCUT2D eigenvalue weighted by molar-refractivity contribution is 0.0925. The van der Waals surface area contributed by atoms with Gasteiger partial charge in [0.15, 0.2) is 0 Å². The first-order valence-electron chi connectivity index (χ1n) is 6.30. The maximum Gasteiger partial charge on any atom is 0.0113 e. The van der Waals surface area contributed by atoms with E-state index in [-0.39, 0.29) is 0 Å². The largest absolute Gasteiger partial charge is 0.330 e. The van der Waals surface area contributed by atoms with E-state index in [1.807, 2.05) is 0 Å². The van der Waals surface area contributed by atoms with E-state index >= 15 is 0 Å². The third-order valence-electron chi connectivity index (χ3n) is 3.24. The highest BCUT2D eigenvalue weighted by atomic mass is 15.3. The van der Waals surface area contributed by atoms with Crippen LogP contribution in [0.2, 0.25) is 0 Å². The first-order chi connectivity index (χ1) is 7.13. The quantitative estimate of drug-likeness (QED) is 0.739. The van der Waals surface area contributed by atoms with Crippen molar-refractivity contribution in [3.63, 3.8) is 0 Å². The molecule has 15 heavy (non-hydrogen) atoms. The van der Waals surface area contributed by atoms with Crippen LogP contribution < -0.4 is 5.73 Å². The van der Waals surface area contributed by atoms with Crippen molar-refractivity contribution in [2.24, 2.45) is 11.7 Å². The molecule has 1 rings (SSSR count). The van der Waals surface area contributed by atoms with Crippen molar-refractivity contribution in [2.75, 3.05) is 39.3 Å². The molecule has 0 aliphatic carbocycles. The fraction of sp³-hybridized carbons (Fsp3) is 1.00. The summed E-state index contributed by atoms with van der Waals surface area (Å²) >= 11 is 0. The number of hydrogen-bond donors (Lipinski definition) is 1. The van der Waals surface area contributed by atoms with Crippen molar-refractivity contribution >= 4 is 0 Å². The number of nitrogens with zero attached hydrogens (tertiary/aromatic N) is 2. The summed E-state index contributed by atoms with van der Waals surface area (Å²) in [5.74, 6) is 0.790. The van der Waals surface area contributed by atoms with Crippen LogP contribution in [0.5, 0.6) is 0 Å². The monoisotopic (exact) mass is 213 g/mol. The first-order valence-corrected chi connectivity index (χ1v) is 6.30. The molecule has 3 heteroatoms. The van der Waals surface area contributed by atoms with Crippen molar-refractivity contribution in [2.45, 2.75) is 33.2 Å². The average Bonchev–Trinajstić information content (AvgIpc) is 2.18. The minimum absolute atomic E-state index is 0.663. The van der Waals surface area contributed by atoms with E-state index in [0.717, 1.165) is 18.9 Å². The normalized spacial score (nSPS) is 22.2. The zero-order chi connectivity index (χ0) is 11.3. The van der Waals surface area contributed by atoms with Gasteiger partial charge in [0.1, 0.15) is 0 Å². The highest BCUT2D eigenvalue weighted by Gasteiger charge is 2.20. The van der Waals surface area contributed by atoms with Crippen molar-refractivity contribution < 1.29 is 0 Å². The Morgan fingerprint density at radius 3 is 2.13 bits per heavy atom. The van der Waals surface area contributed by atoms with E-state index in [0.29, 0.717) is 6.04 Å². The molecule has 1 heterocycles. The Bertz CT molecular complexity index is 162. The van der Waals surface area contributed by atoms with Gasteiger partial charge in [0, 0.05) is 38.8 Å². The fourth-order valence-corrected chi connectivity index (χ4v) is 2.33. The minimum atomic E-state index is 0.663. The fourth-order valence-electron chi connectivity index (χ4n) is 2.33. The molecule has 0 radical (unpaired) electrons. The van der Waals surface area contributed by atoms with Gasteiger partial charge in [-0.2, -0.15) is 0 Å². The van der Waals surface area contributed by atoms with Gasteiger partial charge in [0.2, 0.25) is 0 Å². The van der Waals surface area contributed by atoms with E-state index in [1.54, 1.807) is 0 Å². The smallest absolute Gasteiger partial charge is 0.0113 e. The Labute approximate surface area is 94.6 Å². The third kappa shape index (κ3) is 4.49. The molecule has 90 valence electrons. The topological polar surface area (TPSA) is 32.5 Å². The van der Waals surface area contributed by atoms with Gasteiger partial charge < -0.3 is 10.6 Å². The average molecular weight is 213 g/mol. The van der Waals surface area contributed by atoms with E-state index < -0.39 is 0 Å². The van der Waals surface area contributed by atoms with Gasteiger partial charge >= 0.3 is 0 Å². The Morgan fingerprint density at radius 2 is 1.67 bits per heavy atom. The van der Waals surface area contributed by atoms with E-state index in [1.165, 1.54) is 32.7 Å². The van der Waals surface area contributed by atoms with Crippen LogP contribution in [-0.4, -0.2) is 55.1 Å². The summed E-state index contributed by atoms with van der Waals surface area (Å²) in [6.07, 6.45) is 1.13. The number of piperazine rings is 1. The van der Waals surface area contributed by atoms with Crippen LogP contribution >= 0.6 is 0 Å². The molecule has 1 saturated heterocycles. The van der Waals surface area contributed by atoms with E-state index in [4.69, 9.17) is 5.73 Å². The van der Waals surface area contributed by atoms with Crippen LogP contribution in [0.3, 0.4) is 0 Å². The molecule has 0 aromatic carbocycles. The maximum absolute atomic E-state index is 5.59. The molecular formula is C12H27N3. The second-order valence-electron chi connectivity index (χ2n) is 5.16. The molecule has 1 atom stereocenters.